The summed E-state index contributed by atoms with van der Waals surface area (Å²) in [5, 5.41) is 7.63. The first-order chi connectivity index (χ1) is 8.69. The molecule has 1 aromatic carbocycles. The Bertz CT molecular complexity index is 493. The summed E-state index contributed by atoms with van der Waals surface area (Å²) in [6.45, 7) is 4.31. The molecule has 18 heavy (non-hydrogen) atoms. The lowest BCUT2D eigenvalue weighted by Gasteiger charge is -2.00. The van der Waals surface area contributed by atoms with E-state index in [0.29, 0.717) is 11.1 Å². The van der Waals surface area contributed by atoms with E-state index in [1.807, 2.05) is 31.3 Å². The van der Waals surface area contributed by atoms with Gasteiger partial charge < -0.3 is 9.84 Å². The van der Waals surface area contributed by atoms with Gasteiger partial charge in [0.25, 0.3) is 5.89 Å². The van der Waals surface area contributed by atoms with Gasteiger partial charge in [-0.2, -0.15) is 16.7 Å². The van der Waals surface area contributed by atoms with Crippen LogP contribution in [-0.4, -0.2) is 22.4 Å². The molecule has 1 heterocycles. The molecule has 0 aliphatic rings. The van der Waals surface area contributed by atoms with Gasteiger partial charge in [0.05, 0.1) is 5.75 Å². The van der Waals surface area contributed by atoms with Crippen LogP contribution in [0.25, 0.3) is 11.5 Å². The Hall–Kier alpha value is -1.49. The first-order valence-corrected chi connectivity index (χ1v) is 6.96. The van der Waals surface area contributed by atoms with Crippen molar-refractivity contribution in [3.63, 3.8) is 0 Å². The van der Waals surface area contributed by atoms with Gasteiger partial charge in [-0.3, -0.25) is 0 Å². The second-order valence-corrected chi connectivity index (χ2v) is 5.77. The zero-order valence-electron chi connectivity index (χ0n) is 10.8. The lowest BCUT2D eigenvalue weighted by atomic mass is 10.2. The third-order valence-electron chi connectivity index (χ3n) is 2.43. The van der Waals surface area contributed by atoms with E-state index >= 15 is 0 Å². The molecule has 1 N–H and O–H groups in total. The van der Waals surface area contributed by atoms with Crippen molar-refractivity contribution in [1.29, 1.82) is 0 Å². The minimum absolute atomic E-state index is 0.571. The van der Waals surface area contributed by atoms with Gasteiger partial charge in [-0.05, 0) is 29.5 Å². The van der Waals surface area contributed by atoms with E-state index in [4.69, 9.17) is 4.52 Å². The molecule has 0 saturated carbocycles. The molecular weight excluding hydrogens is 246 g/mol. The monoisotopic (exact) mass is 263 g/mol. The second kappa shape index (κ2) is 5.91. The molecule has 0 amide bonds. The average molecular weight is 263 g/mol. The van der Waals surface area contributed by atoms with Crippen molar-refractivity contribution in [3.05, 3.63) is 30.1 Å². The Morgan fingerprint density at radius 2 is 2.00 bits per heavy atom. The number of hydrogen-bond acceptors (Lipinski definition) is 5. The van der Waals surface area contributed by atoms with E-state index in [2.05, 4.69) is 29.3 Å². The lowest BCUT2D eigenvalue weighted by Crippen LogP contribution is -1.90. The van der Waals surface area contributed by atoms with Crippen molar-refractivity contribution in [2.24, 2.45) is 0 Å². The van der Waals surface area contributed by atoms with Gasteiger partial charge in [-0.15, -0.1) is 0 Å². The first kappa shape index (κ1) is 13.0. The van der Waals surface area contributed by atoms with E-state index in [-0.39, 0.29) is 0 Å². The molecule has 1 aromatic heterocycles. The molecular formula is C13H17N3OS. The van der Waals surface area contributed by atoms with E-state index in [1.54, 1.807) is 11.8 Å². The van der Waals surface area contributed by atoms with Gasteiger partial charge >= 0.3 is 0 Å². The number of aromatic nitrogens is 2. The van der Waals surface area contributed by atoms with Crippen LogP contribution in [0, 0.1) is 0 Å². The molecule has 0 atom stereocenters. The molecule has 2 aromatic rings. The number of benzene rings is 1. The number of thioether (sulfide) groups is 1. The molecule has 0 fully saturated rings. The minimum Gasteiger partial charge on any atom is -0.388 e. The summed E-state index contributed by atoms with van der Waals surface area (Å²) in [5.41, 5.74) is 2.01. The molecule has 0 aliphatic carbocycles. The summed E-state index contributed by atoms with van der Waals surface area (Å²) in [5.74, 6) is 2.12. The Labute approximate surface area is 111 Å². The van der Waals surface area contributed by atoms with Crippen LogP contribution in [-0.2, 0) is 5.75 Å². The van der Waals surface area contributed by atoms with Crippen LogP contribution in [0.2, 0.25) is 0 Å². The van der Waals surface area contributed by atoms with Crippen LogP contribution in [0.5, 0.6) is 0 Å². The zero-order chi connectivity index (χ0) is 13.0. The van der Waals surface area contributed by atoms with E-state index in [0.717, 1.165) is 22.8 Å². The molecule has 0 bridgehead atoms. The van der Waals surface area contributed by atoms with Crippen LogP contribution in [0.1, 0.15) is 19.7 Å². The van der Waals surface area contributed by atoms with Crippen LogP contribution in [0.4, 0.5) is 5.69 Å². The molecule has 0 unspecified atom stereocenters. The maximum absolute atomic E-state index is 5.26. The van der Waals surface area contributed by atoms with Crippen LogP contribution in [0.15, 0.2) is 28.8 Å². The highest BCUT2D eigenvalue weighted by atomic mass is 32.2. The molecule has 2 rings (SSSR count). The van der Waals surface area contributed by atoms with Gasteiger partial charge in [0.2, 0.25) is 0 Å². The highest BCUT2D eigenvalue weighted by Crippen LogP contribution is 2.21. The third-order valence-corrected chi connectivity index (χ3v) is 3.53. The predicted molar refractivity (Wildman–Crippen MR) is 75.7 cm³/mol. The Morgan fingerprint density at radius 1 is 1.28 bits per heavy atom. The topological polar surface area (TPSA) is 51.0 Å². The SMILES string of the molecule is CNc1ccc(-c2nc(CSC(C)C)no2)cc1. The molecule has 4 nitrogen and oxygen atoms in total. The van der Waals surface area contributed by atoms with Gasteiger partial charge in [0.1, 0.15) is 0 Å². The van der Waals surface area contributed by atoms with Crippen LogP contribution in [0.3, 0.4) is 0 Å². The fourth-order valence-electron chi connectivity index (χ4n) is 1.45. The Balaban J connectivity index is 2.08. The third kappa shape index (κ3) is 3.26. The highest BCUT2D eigenvalue weighted by Gasteiger charge is 2.09. The van der Waals surface area contributed by atoms with Crippen molar-refractivity contribution < 1.29 is 4.52 Å². The van der Waals surface area contributed by atoms with E-state index in [9.17, 15) is 0 Å². The largest absolute Gasteiger partial charge is 0.388 e. The number of rotatable bonds is 5. The summed E-state index contributed by atoms with van der Waals surface area (Å²) in [7, 11) is 1.89. The molecule has 5 heteroatoms. The predicted octanol–water partition coefficient (Wildman–Crippen LogP) is 3.42. The minimum atomic E-state index is 0.571. The van der Waals surface area contributed by atoms with Crippen molar-refractivity contribution >= 4 is 17.4 Å². The quantitative estimate of drug-likeness (QED) is 0.895. The Morgan fingerprint density at radius 3 is 2.61 bits per heavy atom. The van der Waals surface area contributed by atoms with E-state index < -0.39 is 0 Å². The Kier molecular flexibility index (Phi) is 4.25. The number of anilines is 1. The van der Waals surface area contributed by atoms with Crippen LogP contribution < -0.4 is 5.32 Å². The lowest BCUT2D eigenvalue weighted by molar-refractivity contribution is 0.425. The van der Waals surface area contributed by atoms with Crippen molar-refractivity contribution in [1.82, 2.24) is 10.1 Å². The second-order valence-electron chi connectivity index (χ2n) is 4.20. The number of nitrogens with one attached hydrogen (secondary N) is 1. The fraction of sp³-hybridized carbons (Fsp3) is 0.385. The normalized spacial score (nSPS) is 10.9. The summed E-state index contributed by atoms with van der Waals surface area (Å²) < 4.78 is 5.26. The van der Waals surface area contributed by atoms with Crippen molar-refractivity contribution in [2.75, 3.05) is 12.4 Å². The summed E-state index contributed by atoms with van der Waals surface area (Å²) >= 11 is 1.80. The zero-order valence-corrected chi connectivity index (χ0v) is 11.6. The van der Waals surface area contributed by atoms with Gasteiger partial charge in [-0.25, -0.2) is 0 Å². The van der Waals surface area contributed by atoms with Crippen molar-refractivity contribution in [2.45, 2.75) is 24.9 Å². The van der Waals surface area contributed by atoms with Gasteiger partial charge in [-0.1, -0.05) is 19.0 Å². The summed E-state index contributed by atoms with van der Waals surface area (Å²) in [4.78, 5) is 4.39. The van der Waals surface area contributed by atoms with Gasteiger partial charge in [0, 0.05) is 18.3 Å². The standard InChI is InChI=1S/C13H17N3OS/c1-9(2)18-8-12-15-13(17-16-12)10-4-6-11(14-3)7-5-10/h4-7,9,14H,8H2,1-3H3. The van der Waals surface area contributed by atoms with Crippen LogP contribution >= 0.6 is 11.8 Å². The average Bonchev–Trinajstić information content (AvgIpc) is 2.85. The molecule has 96 valence electrons. The molecule has 0 radical (unpaired) electrons. The van der Waals surface area contributed by atoms with E-state index in [1.165, 1.54) is 0 Å². The summed E-state index contributed by atoms with van der Waals surface area (Å²) in [6, 6.07) is 7.92. The highest BCUT2D eigenvalue weighted by molar-refractivity contribution is 7.99. The molecule has 0 saturated heterocycles. The molecule has 0 aliphatic heterocycles. The fourth-order valence-corrected chi connectivity index (χ4v) is 2.05. The maximum Gasteiger partial charge on any atom is 0.257 e. The number of nitrogens with zero attached hydrogens (tertiary/aromatic N) is 2. The first-order valence-electron chi connectivity index (χ1n) is 5.91. The smallest absolute Gasteiger partial charge is 0.257 e. The summed E-state index contributed by atoms with van der Waals surface area (Å²) in [6.07, 6.45) is 0. The molecule has 0 spiro atoms. The van der Waals surface area contributed by atoms with Crippen molar-refractivity contribution in [3.8, 4) is 11.5 Å². The number of hydrogen-bond donors (Lipinski definition) is 1. The maximum atomic E-state index is 5.26. The van der Waals surface area contributed by atoms with Gasteiger partial charge in [0.15, 0.2) is 5.82 Å².